The van der Waals surface area contributed by atoms with Crippen molar-refractivity contribution < 1.29 is 23.2 Å². The molecule has 0 radical (unpaired) electrons. The Bertz CT molecular complexity index is 942. The molecule has 162 valence electrons. The van der Waals surface area contributed by atoms with Crippen LogP contribution in [-0.4, -0.2) is 54.0 Å². The average Bonchev–Trinajstić information content (AvgIpc) is 2.69. The van der Waals surface area contributed by atoms with Gasteiger partial charge in [0, 0.05) is 24.8 Å². The highest BCUT2D eigenvalue weighted by Gasteiger charge is 2.25. The Morgan fingerprint density at radius 1 is 1.13 bits per heavy atom. The number of nitrogens with zero attached hydrogens (tertiary/aromatic N) is 3. The van der Waals surface area contributed by atoms with Crippen LogP contribution in [0.5, 0.6) is 0 Å². The number of aromatic nitrogens is 2. The Morgan fingerprint density at radius 3 is 2.33 bits per heavy atom. The van der Waals surface area contributed by atoms with Gasteiger partial charge in [-0.3, -0.25) is 19.1 Å². The van der Waals surface area contributed by atoms with Crippen LogP contribution in [0.3, 0.4) is 0 Å². The van der Waals surface area contributed by atoms with Crippen LogP contribution in [-0.2, 0) is 19.8 Å². The molecule has 1 heterocycles. The number of hydrogen-bond donors (Lipinski definition) is 1. The highest BCUT2D eigenvalue weighted by atomic mass is 79.9. The van der Waals surface area contributed by atoms with Gasteiger partial charge in [0.25, 0.3) is 11.8 Å². The highest BCUT2D eigenvalue weighted by Crippen LogP contribution is 2.50. The minimum absolute atomic E-state index is 0.0439. The fraction of sp³-hybridized carbons (Fsp3) is 0.368. The van der Waals surface area contributed by atoms with Gasteiger partial charge in [0.05, 0.1) is 42.5 Å². The summed E-state index contributed by atoms with van der Waals surface area (Å²) in [6.45, 7) is 3.93. The topological polar surface area (TPSA) is 111 Å². The number of rotatable bonds is 9. The van der Waals surface area contributed by atoms with Gasteiger partial charge in [-0.05, 0) is 32.0 Å². The monoisotopic (exact) mass is 498 g/mol. The Balaban J connectivity index is 2.18. The highest BCUT2D eigenvalue weighted by molar-refractivity contribution is 9.10. The molecule has 0 atom stereocenters. The molecular weight excluding hydrogens is 475 g/mol. The SMILES string of the molecule is CCOP(=O)(Cc1cnc(C(=O)Nc2ccc(Br)cc2C(=O)N(C)C)cn1)OCC. The molecule has 1 aromatic heterocycles. The summed E-state index contributed by atoms with van der Waals surface area (Å²) in [4.78, 5) is 34.7. The molecule has 0 saturated heterocycles. The zero-order chi connectivity index (χ0) is 22.3. The molecule has 0 unspecified atom stereocenters. The van der Waals surface area contributed by atoms with Crippen molar-refractivity contribution in [2.24, 2.45) is 0 Å². The first-order valence-electron chi connectivity index (χ1n) is 9.20. The normalized spacial score (nSPS) is 11.2. The van der Waals surface area contributed by atoms with Crippen LogP contribution in [0, 0.1) is 0 Å². The summed E-state index contributed by atoms with van der Waals surface area (Å²) >= 11 is 3.33. The van der Waals surface area contributed by atoms with Gasteiger partial charge < -0.3 is 19.3 Å². The van der Waals surface area contributed by atoms with Crippen molar-refractivity contribution in [1.82, 2.24) is 14.9 Å². The van der Waals surface area contributed by atoms with E-state index in [-0.39, 0.29) is 31.0 Å². The zero-order valence-corrected chi connectivity index (χ0v) is 19.7. The third-order valence-corrected chi connectivity index (χ3v) is 6.32. The van der Waals surface area contributed by atoms with E-state index in [9.17, 15) is 14.2 Å². The molecule has 11 heteroatoms. The predicted molar refractivity (Wildman–Crippen MR) is 117 cm³/mol. The molecule has 0 bridgehead atoms. The smallest absolute Gasteiger partial charge is 0.336 e. The first-order chi connectivity index (χ1) is 14.2. The molecule has 2 rings (SSSR count). The second-order valence-electron chi connectivity index (χ2n) is 6.34. The first kappa shape index (κ1) is 24.1. The van der Waals surface area contributed by atoms with Crippen LogP contribution < -0.4 is 5.32 Å². The lowest BCUT2D eigenvalue weighted by Gasteiger charge is -2.16. The summed E-state index contributed by atoms with van der Waals surface area (Å²) in [7, 11) is -0.0618. The van der Waals surface area contributed by atoms with Crippen molar-refractivity contribution in [2.75, 3.05) is 32.6 Å². The number of nitrogens with one attached hydrogen (secondary N) is 1. The van der Waals surface area contributed by atoms with Crippen LogP contribution in [0.25, 0.3) is 0 Å². The first-order valence-corrected chi connectivity index (χ1v) is 11.7. The van der Waals surface area contributed by atoms with Gasteiger partial charge in [0.1, 0.15) is 5.69 Å². The molecule has 2 amide bonds. The zero-order valence-electron chi connectivity index (χ0n) is 17.2. The molecule has 1 aromatic carbocycles. The molecule has 2 aromatic rings. The number of halogens is 1. The molecule has 0 aliphatic carbocycles. The Labute approximate surface area is 183 Å². The number of amides is 2. The molecule has 0 fully saturated rings. The maximum atomic E-state index is 12.6. The predicted octanol–water partition coefficient (Wildman–Crippen LogP) is 3.96. The van der Waals surface area contributed by atoms with Crippen molar-refractivity contribution in [3.8, 4) is 0 Å². The molecular formula is C19H24BrN4O5P. The van der Waals surface area contributed by atoms with E-state index in [1.54, 1.807) is 46.1 Å². The quantitative estimate of drug-likeness (QED) is 0.520. The van der Waals surface area contributed by atoms with E-state index in [2.05, 4.69) is 31.2 Å². The molecule has 0 aliphatic rings. The standard InChI is InChI=1S/C19H24BrN4O5P/c1-5-28-30(27,29-6-2)12-14-10-22-17(11-21-14)18(25)23-16-8-7-13(20)9-15(16)19(26)24(3)4/h7-11H,5-6,12H2,1-4H3,(H,23,25). The second kappa shape index (κ2) is 10.8. The molecule has 0 aliphatic heterocycles. The average molecular weight is 499 g/mol. The maximum Gasteiger partial charge on any atom is 0.336 e. The number of benzene rings is 1. The van der Waals surface area contributed by atoms with E-state index < -0.39 is 13.5 Å². The number of carbonyl (C=O) groups excluding carboxylic acids is 2. The summed E-state index contributed by atoms with van der Waals surface area (Å²) in [5.74, 6) is -0.780. The van der Waals surface area contributed by atoms with Crippen LogP contribution in [0.15, 0.2) is 35.1 Å². The van der Waals surface area contributed by atoms with Gasteiger partial charge in [-0.2, -0.15) is 0 Å². The van der Waals surface area contributed by atoms with E-state index in [1.807, 2.05) is 0 Å². The van der Waals surface area contributed by atoms with E-state index >= 15 is 0 Å². The van der Waals surface area contributed by atoms with Gasteiger partial charge in [-0.25, -0.2) is 4.98 Å². The lowest BCUT2D eigenvalue weighted by atomic mass is 10.1. The van der Waals surface area contributed by atoms with Gasteiger partial charge in [-0.15, -0.1) is 0 Å². The van der Waals surface area contributed by atoms with Gasteiger partial charge in [-0.1, -0.05) is 15.9 Å². The van der Waals surface area contributed by atoms with E-state index in [4.69, 9.17) is 9.05 Å². The second-order valence-corrected chi connectivity index (χ2v) is 9.31. The number of anilines is 1. The van der Waals surface area contributed by atoms with Gasteiger partial charge >= 0.3 is 7.60 Å². The van der Waals surface area contributed by atoms with Crippen molar-refractivity contribution in [2.45, 2.75) is 20.0 Å². The molecule has 1 N–H and O–H groups in total. The summed E-state index contributed by atoms with van der Waals surface area (Å²) < 4.78 is 23.8. The van der Waals surface area contributed by atoms with Gasteiger partial charge in [0.2, 0.25) is 0 Å². The maximum absolute atomic E-state index is 12.6. The number of carbonyl (C=O) groups is 2. The fourth-order valence-electron chi connectivity index (χ4n) is 2.50. The summed E-state index contributed by atoms with van der Waals surface area (Å²) in [5, 5.41) is 2.68. The number of hydrogen-bond acceptors (Lipinski definition) is 7. The lowest BCUT2D eigenvalue weighted by molar-refractivity contribution is 0.0828. The van der Waals surface area contributed by atoms with Crippen molar-refractivity contribution in [3.63, 3.8) is 0 Å². The third kappa shape index (κ3) is 6.43. The summed E-state index contributed by atoms with van der Waals surface area (Å²) in [6.07, 6.45) is 2.59. The van der Waals surface area contributed by atoms with Crippen molar-refractivity contribution >= 4 is 41.0 Å². The molecule has 0 spiro atoms. The van der Waals surface area contributed by atoms with Crippen molar-refractivity contribution in [1.29, 1.82) is 0 Å². The largest absolute Gasteiger partial charge is 0.345 e. The molecule has 30 heavy (non-hydrogen) atoms. The Kier molecular flexibility index (Phi) is 8.66. The molecule has 9 nitrogen and oxygen atoms in total. The van der Waals surface area contributed by atoms with Gasteiger partial charge in [0.15, 0.2) is 0 Å². The van der Waals surface area contributed by atoms with Crippen LogP contribution >= 0.6 is 23.5 Å². The third-order valence-electron chi connectivity index (χ3n) is 3.81. The molecule has 0 saturated carbocycles. The minimum Gasteiger partial charge on any atom is -0.345 e. The van der Waals surface area contributed by atoms with E-state index in [0.29, 0.717) is 21.4 Å². The Morgan fingerprint density at radius 2 is 1.80 bits per heavy atom. The minimum atomic E-state index is -3.32. The van der Waals surface area contributed by atoms with E-state index in [0.717, 1.165) is 0 Å². The van der Waals surface area contributed by atoms with Crippen molar-refractivity contribution in [3.05, 3.63) is 52.0 Å². The van der Waals surface area contributed by atoms with Crippen LogP contribution in [0.1, 0.15) is 40.4 Å². The Hall–Kier alpha value is -2.13. The van der Waals surface area contributed by atoms with E-state index in [1.165, 1.54) is 17.3 Å². The summed E-state index contributed by atoms with van der Waals surface area (Å²) in [5.41, 5.74) is 1.11. The lowest BCUT2D eigenvalue weighted by Crippen LogP contribution is -2.24. The van der Waals surface area contributed by atoms with Crippen LogP contribution in [0.4, 0.5) is 5.69 Å². The van der Waals surface area contributed by atoms with Crippen LogP contribution in [0.2, 0.25) is 0 Å². The summed E-state index contributed by atoms with van der Waals surface area (Å²) in [6, 6.07) is 4.97. The fourth-order valence-corrected chi connectivity index (χ4v) is 4.47.